The minimum absolute atomic E-state index is 0.127. The van der Waals surface area contributed by atoms with Crippen molar-refractivity contribution in [3.63, 3.8) is 0 Å². The summed E-state index contributed by atoms with van der Waals surface area (Å²) >= 11 is 0. The molecule has 0 saturated heterocycles. The molecule has 0 radical (unpaired) electrons. The summed E-state index contributed by atoms with van der Waals surface area (Å²) in [5.74, 6) is 0.350. The fourth-order valence-electron chi connectivity index (χ4n) is 2.89. The zero-order valence-electron chi connectivity index (χ0n) is 20.1. The van der Waals surface area contributed by atoms with Gasteiger partial charge >= 0.3 is 0 Å². The second-order valence-corrected chi connectivity index (χ2v) is 6.37. The number of hydrogen-bond acceptors (Lipinski definition) is 10. The van der Waals surface area contributed by atoms with Gasteiger partial charge in [0.05, 0.1) is 24.6 Å². The topological polar surface area (TPSA) is 145 Å². The molecule has 4 aromatic heterocycles. The standard InChI is InChI=1S/C20H20N10O2/c1-21-20(31)17-13(10-16(27-28-17)26-15-6-4-5-8-22-15)25-19-18(32-3)12(7-9-23-19)14-11-24-30(2)29-14/h4-11H,1-3H3,(H,21,31)(H2,22,23,25,26,27)/i1D3. The number of hydrogen-bond donors (Lipinski definition) is 3. The van der Waals surface area contributed by atoms with Gasteiger partial charge in [-0.3, -0.25) is 4.79 Å². The highest BCUT2D eigenvalue weighted by Gasteiger charge is 2.19. The maximum atomic E-state index is 12.7. The van der Waals surface area contributed by atoms with Crippen LogP contribution in [0.4, 0.5) is 23.1 Å². The number of amides is 1. The fourth-order valence-corrected chi connectivity index (χ4v) is 2.89. The lowest BCUT2D eigenvalue weighted by molar-refractivity contribution is 0.0958. The van der Waals surface area contributed by atoms with Crippen molar-refractivity contribution >= 4 is 29.0 Å². The van der Waals surface area contributed by atoms with Crippen molar-refractivity contribution in [3.8, 4) is 17.0 Å². The van der Waals surface area contributed by atoms with Crippen molar-refractivity contribution in [2.75, 3.05) is 24.7 Å². The Kier molecular flexibility index (Phi) is 4.83. The molecule has 162 valence electrons. The predicted molar refractivity (Wildman–Crippen MR) is 117 cm³/mol. The lowest BCUT2D eigenvalue weighted by Gasteiger charge is -2.15. The van der Waals surface area contributed by atoms with E-state index in [1.54, 1.807) is 43.7 Å². The van der Waals surface area contributed by atoms with E-state index in [0.29, 0.717) is 22.8 Å². The van der Waals surface area contributed by atoms with E-state index in [2.05, 4.69) is 41.0 Å². The first kappa shape index (κ1) is 17.1. The molecule has 3 N–H and O–H groups in total. The monoisotopic (exact) mass is 435 g/mol. The van der Waals surface area contributed by atoms with E-state index in [9.17, 15) is 4.79 Å². The molecule has 1 amide bonds. The Morgan fingerprint density at radius 3 is 2.75 bits per heavy atom. The number of methoxy groups -OCH3 is 1. The minimum atomic E-state index is -2.72. The molecule has 4 heterocycles. The maximum absolute atomic E-state index is 12.7. The second-order valence-electron chi connectivity index (χ2n) is 6.37. The van der Waals surface area contributed by atoms with Gasteiger partial charge in [-0.2, -0.15) is 15.0 Å². The summed E-state index contributed by atoms with van der Waals surface area (Å²) in [6.07, 6.45) is 4.69. The molecular formula is C20H20N10O2. The van der Waals surface area contributed by atoms with Gasteiger partial charge in [-0.15, -0.1) is 10.2 Å². The van der Waals surface area contributed by atoms with E-state index < -0.39 is 12.9 Å². The van der Waals surface area contributed by atoms with Crippen LogP contribution < -0.4 is 20.7 Å². The summed E-state index contributed by atoms with van der Waals surface area (Å²) in [6, 6.07) is 8.45. The Balaban J connectivity index is 1.75. The van der Waals surface area contributed by atoms with Gasteiger partial charge in [0.25, 0.3) is 5.91 Å². The smallest absolute Gasteiger partial charge is 0.273 e. The van der Waals surface area contributed by atoms with Crippen LogP contribution in [0.3, 0.4) is 0 Å². The van der Waals surface area contributed by atoms with Gasteiger partial charge in [-0.25, -0.2) is 9.97 Å². The molecule has 0 aromatic carbocycles. The summed E-state index contributed by atoms with van der Waals surface area (Å²) < 4.78 is 27.6. The average Bonchev–Trinajstić information content (AvgIpc) is 3.24. The highest BCUT2D eigenvalue weighted by atomic mass is 16.5. The minimum Gasteiger partial charge on any atom is -0.492 e. The second kappa shape index (κ2) is 9.04. The molecule has 0 saturated carbocycles. The van der Waals surface area contributed by atoms with Gasteiger partial charge in [0.15, 0.2) is 23.1 Å². The lowest BCUT2D eigenvalue weighted by Crippen LogP contribution is -2.21. The summed E-state index contributed by atoms with van der Waals surface area (Å²) in [5, 5.41) is 24.2. The van der Waals surface area contributed by atoms with Crippen LogP contribution in [0.25, 0.3) is 11.3 Å². The van der Waals surface area contributed by atoms with Crippen LogP contribution in [0.5, 0.6) is 5.75 Å². The van der Waals surface area contributed by atoms with Crippen LogP contribution in [-0.4, -0.2) is 55.2 Å². The Labute approximate surface area is 187 Å². The van der Waals surface area contributed by atoms with Crippen molar-refractivity contribution in [1.82, 2.24) is 40.5 Å². The molecule has 12 heteroatoms. The maximum Gasteiger partial charge on any atom is 0.273 e. The van der Waals surface area contributed by atoms with Crippen LogP contribution >= 0.6 is 0 Å². The largest absolute Gasteiger partial charge is 0.492 e. The molecule has 4 aromatic rings. The molecule has 0 atom stereocenters. The number of carbonyl (C=O) groups is 1. The molecule has 0 unspecified atom stereocenters. The SMILES string of the molecule is [2H]C([2H])([2H])NC(=O)c1nnc(Nc2ccccn2)cc1Nc1nccc(-c2cnn(C)n2)c1OC. The van der Waals surface area contributed by atoms with E-state index in [0.717, 1.165) is 0 Å². The molecule has 0 aliphatic carbocycles. The zero-order chi connectivity index (χ0) is 25.0. The first-order valence-electron chi connectivity index (χ1n) is 10.8. The van der Waals surface area contributed by atoms with Gasteiger partial charge in [0.2, 0.25) is 0 Å². The van der Waals surface area contributed by atoms with E-state index in [1.165, 1.54) is 24.2 Å². The third kappa shape index (κ3) is 4.28. The lowest BCUT2D eigenvalue weighted by atomic mass is 10.2. The van der Waals surface area contributed by atoms with Crippen molar-refractivity contribution in [3.05, 3.63) is 54.6 Å². The molecule has 0 spiro atoms. The number of carbonyl (C=O) groups excluding carboxylic acids is 1. The molecule has 12 nitrogen and oxygen atoms in total. The molecule has 0 aliphatic rings. The zero-order valence-corrected chi connectivity index (χ0v) is 17.1. The number of aryl methyl sites for hydroxylation is 1. The Morgan fingerprint density at radius 1 is 1.12 bits per heavy atom. The molecular weight excluding hydrogens is 412 g/mol. The van der Waals surface area contributed by atoms with Crippen LogP contribution in [0, 0.1) is 0 Å². The number of aromatic nitrogens is 7. The fraction of sp³-hybridized carbons (Fsp3) is 0.150. The third-order valence-corrected chi connectivity index (χ3v) is 4.28. The number of ether oxygens (including phenoxy) is 1. The van der Waals surface area contributed by atoms with Crippen LogP contribution in [0.1, 0.15) is 14.6 Å². The molecule has 0 aliphatic heterocycles. The average molecular weight is 435 g/mol. The third-order valence-electron chi connectivity index (χ3n) is 4.28. The van der Waals surface area contributed by atoms with E-state index in [1.807, 2.05) is 5.32 Å². The highest BCUT2D eigenvalue weighted by molar-refractivity contribution is 5.98. The Bertz CT molecular complexity index is 1340. The first-order chi connectivity index (χ1) is 16.7. The Hall–Kier alpha value is -4.61. The van der Waals surface area contributed by atoms with Crippen molar-refractivity contribution < 1.29 is 13.6 Å². The molecule has 32 heavy (non-hydrogen) atoms. The summed E-state index contributed by atoms with van der Waals surface area (Å²) in [5.41, 5.74) is 1.00. The van der Waals surface area contributed by atoms with E-state index in [-0.39, 0.29) is 23.0 Å². The van der Waals surface area contributed by atoms with E-state index in [4.69, 9.17) is 8.85 Å². The van der Waals surface area contributed by atoms with Crippen LogP contribution in [0.2, 0.25) is 0 Å². The van der Waals surface area contributed by atoms with Crippen molar-refractivity contribution in [2.24, 2.45) is 7.05 Å². The number of anilines is 4. The number of nitrogens with one attached hydrogen (secondary N) is 3. The quantitative estimate of drug-likeness (QED) is 0.393. The first-order valence-corrected chi connectivity index (χ1v) is 9.28. The normalized spacial score (nSPS) is 12.2. The summed E-state index contributed by atoms with van der Waals surface area (Å²) in [7, 11) is 3.15. The number of nitrogens with zero attached hydrogens (tertiary/aromatic N) is 7. The Morgan fingerprint density at radius 2 is 2.03 bits per heavy atom. The molecule has 0 bridgehead atoms. The predicted octanol–water partition coefficient (Wildman–Crippen LogP) is 1.92. The van der Waals surface area contributed by atoms with Crippen molar-refractivity contribution in [1.29, 1.82) is 0 Å². The molecule has 4 rings (SSSR count). The summed E-state index contributed by atoms with van der Waals surface area (Å²) in [6.45, 7) is -2.72. The van der Waals surface area contributed by atoms with Gasteiger partial charge in [-0.05, 0) is 18.2 Å². The molecule has 0 fully saturated rings. The number of pyridine rings is 2. The van der Waals surface area contributed by atoms with Gasteiger partial charge < -0.3 is 20.7 Å². The van der Waals surface area contributed by atoms with Crippen LogP contribution in [-0.2, 0) is 7.05 Å². The number of rotatable bonds is 7. The summed E-state index contributed by atoms with van der Waals surface area (Å²) in [4.78, 5) is 22.6. The van der Waals surface area contributed by atoms with Crippen LogP contribution in [0.15, 0.2) is 48.9 Å². The van der Waals surface area contributed by atoms with E-state index >= 15 is 0 Å². The highest BCUT2D eigenvalue weighted by Crippen LogP contribution is 2.35. The van der Waals surface area contributed by atoms with Gasteiger partial charge in [-0.1, -0.05) is 6.07 Å². The van der Waals surface area contributed by atoms with Gasteiger partial charge in [0.1, 0.15) is 11.5 Å². The van der Waals surface area contributed by atoms with Gasteiger partial charge in [0, 0.05) is 36.6 Å². The van der Waals surface area contributed by atoms with Crippen molar-refractivity contribution in [2.45, 2.75) is 0 Å².